The van der Waals surface area contributed by atoms with Crippen molar-refractivity contribution in [2.45, 2.75) is 36.9 Å². The van der Waals surface area contributed by atoms with Gasteiger partial charge in [0, 0.05) is 18.3 Å². The van der Waals surface area contributed by atoms with Gasteiger partial charge in [0.2, 0.25) is 0 Å². The number of amides is 1. The molecule has 2 rings (SSSR count). The van der Waals surface area contributed by atoms with E-state index in [-0.39, 0.29) is 10.7 Å². The van der Waals surface area contributed by atoms with Crippen molar-refractivity contribution in [1.82, 2.24) is 15.1 Å². The van der Waals surface area contributed by atoms with E-state index in [9.17, 15) is 4.79 Å². The van der Waals surface area contributed by atoms with E-state index in [4.69, 9.17) is 5.73 Å². The molecule has 0 bridgehead atoms. The first-order valence-corrected chi connectivity index (χ1v) is 7.91. The third-order valence-electron chi connectivity index (χ3n) is 4.00. The molecule has 5 nitrogen and oxygen atoms in total. The predicted octanol–water partition coefficient (Wildman–Crippen LogP) is 1.80. The summed E-state index contributed by atoms with van der Waals surface area (Å²) >= 11 is 1.87. The van der Waals surface area contributed by atoms with Crippen LogP contribution in [-0.2, 0) is 7.05 Å². The van der Waals surface area contributed by atoms with Gasteiger partial charge in [-0.3, -0.25) is 9.48 Å². The summed E-state index contributed by atoms with van der Waals surface area (Å²) in [4.78, 5) is 12.1. The van der Waals surface area contributed by atoms with E-state index in [2.05, 4.69) is 16.7 Å². The van der Waals surface area contributed by atoms with Crippen LogP contribution in [0, 0.1) is 0 Å². The lowest BCUT2D eigenvalue weighted by Gasteiger charge is -2.35. The molecule has 1 heterocycles. The number of thioether (sulfide) groups is 1. The smallest absolute Gasteiger partial charge is 0.256 e. The van der Waals surface area contributed by atoms with Crippen molar-refractivity contribution in [3.05, 3.63) is 11.8 Å². The highest BCUT2D eigenvalue weighted by Crippen LogP contribution is 2.38. The number of hydrogen-bond acceptors (Lipinski definition) is 4. The summed E-state index contributed by atoms with van der Waals surface area (Å²) in [5, 5.41) is 7.02. The molecule has 0 unspecified atom stereocenters. The molecular weight excluding hydrogens is 260 g/mol. The number of nitrogens with two attached hydrogens (primary N) is 1. The SMILES string of the molecule is CSC1(CNC(=O)c2cnn(C)c2N)CCCCC1. The third-order valence-corrected chi connectivity index (χ3v) is 5.42. The van der Waals surface area contributed by atoms with Crippen LogP contribution in [0.25, 0.3) is 0 Å². The van der Waals surface area contributed by atoms with Crippen LogP contribution in [0.2, 0.25) is 0 Å². The molecule has 106 valence electrons. The van der Waals surface area contributed by atoms with Crippen LogP contribution in [0.4, 0.5) is 5.82 Å². The maximum Gasteiger partial charge on any atom is 0.256 e. The minimum absolute atomic E-state index is 0.121. The molecule has 19 heavy (non-hydrogen) atoms. The van der Waals surface area contributed by atoms with E-state index in [1.807, 2.05) is 11.8 Å². The van der Waals surface area contributed by atoms with Gasteiger partial charge in [-0.2, -0.15) is 16.9 Å². The fourth-order valence-corrected chi connectivity index (χ4v) is 3.52. The summed E-state index contributed by atoms with van der Waals surface area (Å²) in [5.74, 6) is 0.295. The maximum atomic E-state index is 12.1. The second kappa shape index (κ2) is 5.86. The standard InChI is InChI=1S/C13H22N4OS/c1-17-11(14)10(8-16-17)12(18)15-9-13(19-2)6-4-3-5-7-13/h8H,3-7,9,14H2,1-2H3,(H,15,18). The van der Waals surface area contributed by atoms with Crippen LogP contribution < -0.4 is 11.1 Å². The van der Waals surface area contributed by atoms with Gasteiger partial charge in [0.1, 0.15) is 11.4 Å². The van der Waals surface area contributed by atoms with Crippen LogP contribution in [-0.4, -0.2) is 33.2 Å². The molecule has 1 saturated carbocycles. The molecule has 6 heteroatoms. The molecule has 1 aromatic heterocycles. The molecule has 1 aromatic rings. The number of carbonyl (C=O) groups excluding carboxylic acids is 1. The highest BCUT2D eigenvalue weighted by molar-refractivity contribution is 8.00. The Labute approximate surface area is 118 Å². The summed E-state index contributed by atoms with van der Waals surface area (Å²) in [7, 11) is 1.73. The van der Waals surface area contributed by atoms with Crippen molar-refractivity contribution in [2.75, 3.05) is 18.5 Å². The minimum Gasteiger partial charge on any atom is -0.383 e. The van der Waals surface area contributed by atoms with Crippen LogP contribution >= 0.6 is 11.8 Å². The van der Waals surface area contributed by atoms with Gasteiger partial charge >= 0.3 is 0 Å². The van der Waals surface area contributed by atoms with E-state index in [1.54, 1.807) is 7.05 Å². The summed E-state index contributed by atoms with van der Waals surface area (Å²) in [6, 6.07) is 0. The number of carbonyl (C=O) groups is 1. The van der Waals surface area contributed by atoms with Crippen molar-refractivity contribution in [2.24, 2.45) is 7.05 Å². The van der Waals surface area contributed by atoms with E-state index in [1.165, 1.54) is 43.0 Å². The lowest BCUT2D eigenvalue weighted by Crippen LogP contribution is -2.41. The Bertz CT molecular complexity index is 451. The van der Waals surface area contributed by atoms with Gasteiger partial charge in [-0.15, -0.1) is 0 Å². The zero-order valence-corrected chi connectivity index (χ0v) is 12.4. The van der Waals surface area contributed by atoms with Crippen LogP contribution in [0.1, 0.15) is 42.5 Å². The first kappa shape index (κ1) is 14.2. The van der Waals surface area contributed by atoms with E-state index in [0.29, 0.717) is 17.9 Å². The molecule has 1 aliphatic carbocycles. The lowest BCUT2D eigenvalue weighted by molar-refractivity contribution is 0.0948. The molecule has 1 aliphatic rings. The van der Waals surface area contributed by atoms with E-state index >= 15 is 0 Å². The van der Waals surface area contributed by atoms with Crippen molar-refractivity contribution in [1.29, 1.82) is 0 Å². The molecule has 0 aromatic carbocycles. The number of nitrogens with one attached hydrogen (secondary N) is 1. The normalized spacial score (nSPS) is 18.2. The summed E-state index contributed by atoms with van der Waals surface area (Å²) < 4.78 is 1.71. The molecule has 0 radical (unpaired) electrons. The monoisotopic (exact) mass is 282 g/mol. The molecule has 1 amide bonds. The average molecular weight is 282 g/mol. The Morgan fingerprint density at radius 3 is 2.74 bits per heavy atom. The van der Waals surface area contributed by atoms with Gasteiger partial charge in [-0.05, 0) is 19.1 Å². The Kier molecular flexibility index (Phi) is 4.39. The fraction of sp³-hybridized carbons (Fsp3) is 0.692. The van der Waals surface area contributed by atoms with Crippen molar-refractivity contribution >= 4 is 23.5 Å². The highest BCUT2D eigenvalue weighted by atomic mass is 32.2. The second-order valence-corrected chi connectivity index (χ2v) is 6.47. The van der Waals surface area contributed by atoms with Gasteiger partial charge in [0.15, 0.2) is 0 Å². The number of nitrogen functional groups attached to an aromatic ring is 1. The number of anilines is 1. The Morgan fingerprint density at radius 2 is 2.21 bits per heavy atom. The summed E-state index contributed by atoms with van der Waals surface area (Å²) in [6.07, 6.45) is 9.84. The molecule has 0 spiro atoms. The maximum absolute atomic E-state index is 12.1. The van der Waals surface area contributed by atoms with Gasteiger partial charge in [0.25, 0.3) is 5.91 Å². The van der Waals surface area contributed by atoms with E-state index in [0.717, 1.165) is 0 Å². The van der Waals surface area contributed by atoms with Crippen LogP contribution in [0.3, 0.4) is 0 Å². The van der Waals surface area contributed by atoms with Gasteiger partial charge in [-0.25, -0.2) is 0 Å². The molecule has 0 atom stereocenters. The summed E-state index contributed by atoms with van der Waals surface area (Å²) in [5.41, 5.74) is 6.28. The van der Waals surface area contributed by atoms with Crippen molar-refractivity contribution in [3.63, 3.8) is 0 Å². The van der Waals surface area contributed by atoms with Gasteiger partial charge in [-0.1, -0.05) is 19.3 Å². The zero-order chi connectivity index (χ0) is 13.9. The van der Waals surface area contributed by atoms with E-state index < -0.39 is 0 Å². The first-order chi connectivity index (χ1) is 9.08. The van der Waals surface area contributed by atoms with Crippen LogP contribution in [0.5, 0.6) is 0 Å². The predicted molar refractivity (Wildman–Crippen MR) is 79.3 cm³/mol. The minimum atomic E-state index is -0.121. The second-order valence-electron chi connectivity index (χ2n) is 5.20. The highest BCUT2D eigenvalue weighted by Gasteiger charge is 2.31. The third kappa shape index (κ3) is 3.05. The number of hydrogen-bond donors (Lipinski definition) is 2. The van der Waals surface area contributed by atoms with Crippen LogP contribution in [0.15, 0.2) is 6.20 Å². The quantitative estimate of drug-likeness (QED) is 0.883. The van der Waals surface area contributed by atoms with Crippen molar-refractivity contribution < 1.29 is 4.79 Å². The zero-order valence-electron chi connectivity index (χ0n) is 11.6. The number of aryl methyl sites for hydroxylation is 1. The fourth-order valence-electron chi connectivity index (χ4n) is 2.61. The number of rotatable bonds is 4. The molecule has 0 aliphatic heterocycles. The largest absolute Gasteiger partial charge is 0.383 e. The summed E-state index contributed by atoms with van der Waals surface area (Å²) in [6.45, 7) is 0.710. The van der Waals surface area contributed by atoms with Gasteiger partial charge < -0.3 is 11.1 Å². The lowest BCUT2D eigenvalue weighted by atomic mass is 9.88. The number of nitrogens with zero attached hydrogens (tertiary/aromatic N) is 2. The molecule has 0 saturated heterocycles. The van der Waals surface area contributed by atoms with Gasteiger partial charge in [0.05, 0.1) is 6.20 Å². The Hall–Kier alpha value is -1.17. The molecule has 3 N–H and O–H groups in total. The Morgan fingerprint density at radius 1 is 1.53 bits per heavy atom. The molecular formula is C13H22N4OS. The first-order valence-electron chi connectivity index (χ1n) is 6.69. The van der Waals surface area contributed by atoms with Crippen molar-refractivity contribution in [3.8, 4) is 0 Å². The Balaban J connectivity index is 1.97. The topological polar surface area (TPSA) is 72.9 Å². The molecule has 1 fully saturated rings. The number of aromatic nitrogens is 2. The average Bonchev–Trinajstić information content (AvgIpc) is 2.77.